The molecule has 248 valence electrons. The summed E-state index contributed by atoms with van der Waals surface area (Å²) in [7, 11) is -0.888. The van der Waals surface area contributed by atoms with Crippen LogP contribution >= 0.6 is 8.15 Å². The lowest BCUT2D eigenvalue weighted by molar-refractivity contribution is 0.483. The van der Waals surface area contributed by atoms with Crippen LogP contribution in [0.1, 0.15) is 138 Å². The molecule has 5 rings (SSSR count). The number of hydrogen-bond donors (Lipinski definition) is 1. The van der Waals surface area contributed by atoms with Crippen molar-refractivity contribution < 1.29 is 4.89 Å². The zero-order valence-corrected chi connectivity index (χ0v) is 29.4. The van der Waals surface area contributed by atoms with Crippen molar-refractivity contribution in [3.8, 4) is 12.3 Å². The molecule has 6 nitrogen and oxygen atoms in total. The maximum absolute atomic E-state index is 9.81. The van der Waals surface area contributed by atoms with Crippen molar-refractivity contribution in [3.63, 3.8) is 0 Å². The number of aromatic nitrogens is 4. The van der Waals surface area contributed by atoms with E-state index in [-0.39, 0.29) is 0 Å². The van der Waals surface area contributed by atoms with Crippen LogP contribution in [0.25, 0.3) is 11.0 Å². The Balaban J connectivity index is 1.21. The maximum atomic E-state index is 9.81. The van der Waals surface area contributed by atoms with Gasteiger partial charge in [-0.1, -0.05) is 93.7 Å². The fourth-order valence-electron chi connectivity index (χ4n) is 6.95. The minimum atomic E-state index is -0.888. The van der Waals surface area contributed by atoms with Crippen LogP contribution in [0, 0.1) is 19.3 Å². The lowest BCUT2D eigenvalue weighted by Crippen LogP contribution is -2.25. The van der Waals surface area contributed by atoms with Crippen molar-refractivity contribution in [1.29, 1.82) is 0 Å². The van der Waals surface area contributed by atoms with Crippen molar-refractivity contribution in [2.24, 2.45) is 0 Å². The number of benzene rings is 1. The van der Waals surface area contributed by atoms with Crippen LogP contribution in [0.5, 0.6) is 0 Å². The molecule has 0 spiro atoms. The van der Waals surface area contributed by atoms with Gasteiger partial charge in [0, 0.05) is 33.8 Å². The van der Waals surface area contributed by atoms with E-state index in [4.69, 9.17) is 21.5 Å². The highest BCUT2D eigenvalue weighted by molar-refractivity contribution is 7.50. The second-order valence-corrected chi connectivity index (χ2v) is 15.5. The van der Waals surface area contributed by atoms with Gasteiger partial charge in [0.25, 0.3) is 0 Å². The number of unbranched alkanes of at least 4 members (excludes halogenated alkanes) is 11. The Kier molecular flexibility index (Phi) is 13.5. The first kappa shape index (κ1) is 34.6. The molecule has 0 saturated heterocycles. The Bertz CT molecular complexity index is 1440. The summed E-state index contributed by atoms with van der Waals surface area (Å²) in [5.74, 6) is 5.35. The zero-order valence-electron chi connectivity index (χ0n) is 28.5. The average Bonchev–Trinajstić information content (AvgIpc) is 3.65. The predicted octanol–water partition coefficient (Wildman–Crippen LogP) is 10.0. The molecule has 2 aliphatic carbocycles. The fourth-order valence-corrected chi connectivity index (χ4v) is 7.47. The normalized spacial score (nSPS) is 18.0. The lowest BCUT2D eigenvalue weighted by atomic mass is 10.0. The minimum absolute atomic E-state index is 0.310. The van der Waals surface area contributed by atoms with Gasteiger partial charge in [-0.05, 0) is 75.6 Å². The van der Waals surface area contributed by atoms with Crippen molar-refractivity contribution in [1.82, 2.24) is 19.7 Å². The van der Waals surface area contributed by atoms with Gasteiger partial charge in [-0.25, -0.2) is 14.6 Å². The molecule has 2 aliphatic rings. The highest BCUT2D eigenvalue weighted by Crippen LogP contribution is 2.40. The van der Waals surface area contributed by atoms with E-state index in [9.17, 15) is 4.89 Å². The Labute approximate surface area is 279 Å². The third-order valence-corrected chi connectivity index (χ3v) is 10.5. The summed E-state index contributed by atoms with van der Waals surface area (Å²) >= 11 is 0. The van der Waals surface area contributed by atoms with Crippen LogP contribution in [0.3, 0.4) is 0 Å². The number of rotatable bonds is 20. The van der Waals surface area contributed by atoms with E-state index in [1.54, 1.807) is 0 Å². The Morgan fingerprint density at radius 2 is 1.63 bits per heavy atom. The molecule has 2 unspecified atom stereocenters. The summed E-state index contributed by atoms with van der Waals surface area (Å²) < 4.78 is 2.15. The Morgan fingerprint density at radius 3 is 2.28 bits per heavy atom. The topological polar surface area (TPSA) is 67.1 Å². The molecule has 2 fully saturated rings. The first-order valence-electron chi connectivity index (χ1n) is 18.1. The number of fused-ring (bicyclic) bond motifs is 1. The molecule has 2 heterocycles. The Morgan fingerprint density at radius 1 is 0.957 bits per heavy atom. The largest absolute Gasteiger partial charge is 0.374 e. The molecule has 3 aromatic rings. The molecular formula is C39H56N5OP. The summed E-state index contributed by atoms with van der Waals surface area (Å²) in [6, 6.07) is 9.64. The lowest BCUT2D eigenvalue weighted by Gasteiger charge is -2.25. The standard InChI is InChI=1S/C39H56N5OP/c1-4-5-6-7-8-9-10-11-12-13-14-15-16-26-43(30-33-17-20-34(21-18-33)35-22-23-35)38-37-29-40-44(39(37)42-31(2)41-38)36-24-19-32(28-36)25-27-46(3)45/h1,17-18,20-21,25,29,35-36,45H,5-16,19,22-24,26-28,30H2,2-3H3/b32-25+. The van der Waals surface area contributed by atoms with E-state index in [0.29, 0.717) is 6.04 Å². The van der Waals surface area contributed by atoms with E-state index >= 15 is 0 Å². The number of nitrogens with zero attached hydrogens (tertiary/aromatic N) is 5. The van der Waals surface area contributed by atoms with Gasteiger partial charge in [0.1, 0.15) is 11.6 Å². The summed E-state index contributed by atoms with van der Waals surface area (Å²) in [5.41, 5.74) is 5.22. The monoisotopic (exact) mass is 641 g/mol. The molecule has 2 aromatic heterocycles. The summed E-state index contributed by atoms with van der Waals surface area (Å²) in [4.78, 5) is 22.3. The number of anilines is 1. The van der Waals surface area contributed by atoms with Crippen molar-refractivity contribution in [2.45, 2.75) is 135 Å². The second kappa shape index (κ2) is 18.0. The van der Waals surface area contributed by atoms with Crippen LogP contribution < -0.4 is 4.90 Å². The van der Waals surface area contributed by atoms with Gasteiger partial charge < -0.3 is 9.79 Å². The average molecular weight is 642 g/mol. The number of allylic oxidation sites excluding steroid dienone is 2. The van der Waals surface area contributed by atoms with Gasteiger partial charge in [0.2, 0.25) is 0 Å². The molecule has 1 aromatic carbocycles. The molecule has 46 heavy (non-hydrogen) atoms. The van der Waals surface area contributed by atoms with Crippen LogP contribution in [0.15, 0.2) is 42.1 Å². The van der Waals surface area contributed by atoms with Crippen LogP contribution in [-0.2, 0) is 6.54 Å². The molecule has 0 amide bonds. The van der Waals surface area contributed by atoms with Gasteiger partial charge in [-0.2, -0.15) is 5.10 Å². The van der Waals surface area contributed by atoms with Crippen LogP contribution in [0.2, 0.25) is 0 Å². The fraction of sp³-hybridized carbons (Fsp3) is 0.615. The Hall–Kier alpha value is -2.74. The van der Waals surface area contributed by atoms with Gasteiger partial charge in [-0.15, -0.1) is 12.3 Å². The zero-order chi connectivity index (χ0) is 32.1. The summed E-state index contributed by atoms with van der Waals surface area (Å²) in [5, 5.41) is 5.97. The smallest absolute Gasteiger partial charge is 0.163 e. The quantitative estimate of drug-likeness (QED) is 0.0576. The molecule has 0 radical (unpaired) electrons. The predicted molar refractivity (Wildman–Crippen MR) is 195 cm³/mol. The van der Waals surface area contributed by atoms with Crippen molar-refractivity contribution >= 4 is 25.0 Å². The second-order valence-electron chi connectivity index (χ2n) is 13.8. The highest BCUT2D eigenvalue weighted by atomic mass is 31.1. The third-order valence-electron chi connectivity index (χ3n) is 9.78. The molecule has 0 bridgehead atoms. The van der Waals surface area contributed by atoms with Gasteiger partial charge >= 0.3 is 0 Å². The molecular weight excluding hydrogens is 585 g/mol. The van der Waals surface area contributed by atoms with Crippen molar-refractivity contribution in [3.05, 3.63) is 59.1 Å². The van der Waals surface area contributed by atoms with Gasteiger partial charge in [0.05, 0.1) is 17.6 Å². The van der Waals surface area contributed by atoms with Gasteiger partial charge in [0.15, 0.2) is 5.65 Å². The van der Waals surface area contributed by atoms with Crippen LogP contribution in [0.4, 0.5) is 5.82 Å². The maximum Gasteiger partial charge on any atom is 0.163 e. The van der Waals surface area contributed by atoms with E-state index in [0.717, 1.165) is 79.9 Å². The molecule has 7 heteroatoms. The first-order chi connectivity index (χ1) is 22.5. The number of terminal acetylenes is 1. The first-order valence-corrected chi connectivity index (χ1v) is 20.0. The van der Waals surface area contributed by atoms with Gasteiger partial charge in [-0.3, -0.25) is 0 Å². The minimum Gasteiger partial charge on any atom is -0.374 e. The molecule has 0 aliphatic heterocycles. The number of aryl methyl sites for hydroxylation is 1. The SMILES string of the molecule is C#CCCCCCCCCCCCCCN(Cc1ccc(C2CC2)cc1)c1nc(C)nc2c1cnn2C1CC/C(=C\CP(C)O)C1. The molecule has 2 saturated carbocycles. The summed E-state index contributed by atoms with van der Waals surface area (Å²) in [6.45, 7) is 5.77. The van der Waals surface area contributed by atoms with Crippen LogP contribution in [-0.4, -0.2) is 44.0 Å². The van der Waals surface area contributed by atoms with E-state index < -0.39 is 8.15 Å². The van der Waals surface area contributed by atoms with E-state index in [2.05, 4.69) is 45.8 Å². The van der Waals surface area contributed by atoms with Crippen molar-refractivity contribution in [2.75, 3.05) is 24.3 Å². The third kappa shape index (κ3) is 10.4. The number of hydrogen-bond acceptors (Lipinski definition) is 5. The van der Waals surface area contributed by atoms with E-state index in [1.807, 2.05) is 19.8 Å². The summed E-state index contributed by atoms with van der Waals surface area (Å²) in [6.07, 6.45) is 31.4. The van der Waals surface area contributed by atoms with E-state index in [1.165, 1.54) is 93.7 Å². The molecule has 2 atom stereocenters. The molecule has 1 N–H and O–H groups in total. The highest BCUT2D eigenvalue weighted by Gasteiger charge is 2.26.